The minimum atomic E-state index is -0.886. The number of rotatable bonds is 3. The number of amides is 2. The number of aromatic amines is 1. The quantitative estimate of drug-likeness (QED) is 0.750. The minimum Gasteiger partial charge on any atom is -0.392 e. The molecule has 2 aliphatic heterocycles. The maximum absolute atomic E-state index is 13.3. The molecule has 3 heterocycles. The number of hydrogen-bond donors (Lipinski definition) is 3. The van der Waals surface area contributed by atoms with E-state index in [1.54, 1.807) is 11.0 Å². The van der Waals surface area contributed by atoms with Crippen molar-refractivity contribution in [1.82, 2.24) is 20.2 Å². The number of benzene rings is 1. The van der Waals surface area contributed by atoms with Gasteiger partial charge in [0.2, 0.25) is 11.8 Å². The summed E-state index contributed by atoms with van der Waals surface area (Å²) in [5.74, 6) is 0.0761. The number of halogens is 1. The molecular weight excluding hydrogens is 351 g/mol. The molecule has 2 atom stereocenters. The van der Waals surface area contributed by atoms with Gasteiger partial charge < -0.3 is 20.3 Å². The number of piperidine rings is 2. The summed E-state index contributed by atoms with van der Waals surface area (Å²) in [4.78, 5) is 34.2. The van der Waals surface area contributed by atoms with Crippen LogP contribution in [0, 0.1) is 11.2 Å². The summed E-state index contributed by atoms with van der Waals surface area (Å²) >= 11 is 0. The highest BCUT2D eigenvalue weighted by Crippen LogP contribution is 2.37. The van der Waals surface area contributed by atoms with Crippen molar-refractivity contribution in [2.75, 3.05) is 19.6 Å². The Kier molecular flexibility index (Phi) is 4.59. The van der Waals surface area contributed by atoms with Gasteiger partial charge in [0.1, 0.15) is 11.6 Å². The zero-order valence-corrected chi connectivity index (χ0v) is 15.0. The number of hydrogen-bond acceptors (Lipinski definition) is 4. The van der Waals surface area contributed by atoms with Crippen LogP contribution >= 0.6 is 0 Å². The lowest BCUT2D eigenvalue weighted by molar-refractivity contribution is -0.154. The van der Waals surface area contributed by atoms with E-state index in [1.807, 2.05) is 0 Å². The van der Waals surface area contributed by atoms with Crippen LogP contribution in [0.3, 0.4) is 0 Å². The molecule has 1 aromatic carbocycles. The molecule has 1 aromatic heterocycles. The number of nitrogens with zero attached hydrogens (tertiary/aromatic N) is 2. The molecule has 2 aliphatic rings. The second kappa shape index (κ2) is 6.92. The molecule has 2 fully saturated rings. The Hall–Kier alpha value is -2.48. The third-order valence-corrected chi connectivity index (χ3v) is 5.74. The third kappa shape index (κ3) is 3.29. The highest BCUT2D eigenvalue weighted by atomic mass is 19.1. The van der Waals surface area contributed by atoms with Crippen LogP contribution in [0.5, 0.6) is 0 Å². The summed E-state index contributed by atoms with van der Waals surface area (Å²) in [6.45, 7) is 1.32. The highest BCUT2D eigenvalue weighted by molar-refractivity contribution is 5.86. The van der Waals surface area contributed by atoms with Gasteiger partial charge >= 0.3 is 0 Å². The Bertz CT molecular complexity index is 883. The topological polar surface area (TPSA) is 98.3 Å². The van der Waals surface area contributed by atoms with Crippen molar-refractivity contribution >= 4 is 22.8 Å². The Labute approximate surface area is 156 Å². The number of nitrogens with one attached hydrogen (secondary N) is 2. The van der Waals surface area contributed by atoms with Crippen LogP contribution in [0.4, 0.5) is 4.39 Å². The molecule has 0 saturated carbocycles. The number of H-pyrrole nitrogens is 1. The van der Waals surface area contributed by atoms with Gasteiger partial charge in [0.05, 0.1) is 22.6 Å². The average molecular weight is 374 g/mol. The summed E-state index contributed by atoms with van der Waals surface area (Å²) < 4.78 is 13.3. The van der Waals surface area contributed by atoms with Crippen LogP contribution in [-0.2, 0) is 16.0 Å². The smallest absolute Gasteiger partial charge is 0.230 e. The normalized spacial score (nSPS) is 25.8. The lowest BCUT2D eigenvalue weighted by Crippen LogP contribution is -2.62. The molecule has 2 aromatic rings. The molecule has 27 heavy (non-hydrogen) atoms. The van der Waals surface area contributed by atoms with E-state index in [0.29, 0.717) is 49.2 Å². The van der Waals surface area contributed by atoms with Gasteiger partial charge in [-0.05, 0) is 37.5 Å². The number of carbonyl (C=O) groups excluding carboxylic acids is 2. The monoisotopic (exact) mass is 374 g/mol. The van der Waals surface area contributed by atoms with Crippen molar-refractivity contribution in [2.45, 2.75) is 38.2 Å². The highest BCUT2D eigenvalue weighted by Gasteiger charge is 2.50. The standard InChI is InChI=1S/C19H23FN4O3/c20-12-2-3-13-14(10-12)23-16(22-13)4-5-17(26)24-9-6-15(25)19(11-24)7-1-8-21-18(19)27/h2-3,10,15,25H,1,4-9,11H2,(H,21,27)(H,22,23)/t15-,19+/m0/s1. The van der Waals surface area contributed by atoms with E-state index in [-0.39, 0.29) is 30.6 Å². The lowest BCUT2D eigenvalue weighted by atomic mass is 9.71. The Morgan fingerprint density at radius 2 is 2.30 bits per heavy atom. The van der Waals surface area contributed by atoms with Gasteiger partial charge in [0.15, 0.2) is 0 Å². The first-order chi connectivity index (χ1) is 13.0. The molecule has 0 unspecified atom stereocenters. The van der Waals surface area contributed by atoms with Gasteiger partial charge in [-0.1, -0.05) is 0 Å². The second-order valence-corrected chi connectivity index (χ2v) is 7.48. The van der Waals surface area contributed by atoms with Crippen molar-refractivity contribution in [2.24, 2.45) is 5.41 Å². The van der Waals surface area contributed by atoms with E-state index in [2.05, 4.69) is 15.3 Å². The maximum Gasteiger partial charge on any atom is 0.230 e. The van der Waals surface area contributed by atoms with Gasteiger partial charge in [-0.2, -0.15) is 0 Å². The van der Waals surface area contributed by atoms with E-state index in [9.17, 15) is 19.1 Å². The van der Waals surface area contributed by atoms with Gasteiger partial charge in [-0.3, -0.25) is 9.59 Å². The number of aromatic nitrogens is 2. The zero-order valence-electron chi connectivity index (χ0n) is 15.0. The van der Waals surface area contributed by atoms with Crippen molar-refractivity contribution in [1.29, 1.82) is 0 Å². The molecule has 0 bridgehead atoms. The van der Waals surface area contributed by atoms with E-state index in [4.69, 9.17) is 0 Å². The van der Waals surface area contributed by atoms with E-state index in [1.165, 1.54) is 12.1 Å². The third-order valence-electron chi connectivity index (χ3n) is 5.74. The Morgan fingerprint density at radius 3 is 3.11 bits per heavy atom. The SMILES string of the molecule is O=C(CCc1nc2ccc(F)cc2[nH]1)N1CC[C@H](O)[C@@]2(CCCNC2=O)C1. The van der Waals surface area contributed by atoms with E-state index < -0.39 is 11.5 Å². The molecule has 7 nitrogen and oxygen atoms in total. The first kappa shape index (κ1) is 17.9. The van der Waals surface area contributed by atoms with Crippen LogP contribution in [0.15, 0.2) is 18.2 Å². The number of fused-ring (bicyclic) bond motifs is 1. The first-order valence-electron chi connectivity index (χ1n) is 9.36. The summed E-state index contributed by atoms with van der Waals surface area (Å²) in [7, 11) is 0. The maximum atomic E-state index is 13.3. The number of aliphatic hydroxyl groups is 1. The van der Waals surface area contributed by atoms with Crippen LogP contribution < -0.4 is 5.32 Å². The summed E-state index contributed by atoms with van der Waals surface area (Å²) in [6.07, 6.45) is 1.75. The fraction of sp³-hybridized carbons (Fsp3) is 0.526. The van der Waals surface area contributed by atoms with Crippen molar-refractivity contribution in [3.05, 3.63) is 29.8 Å². The van der Waals surface area contributed by atoms with Crippen LogP contribution in [0.1, 0.15) is 31.5 Å². The van der Waals surface area contributed by atoms with Crippen LogP contribution in [0.2, 0.25) is 0 Å². The molecule has 1 spiro atoms. The minimum absolute atomic E-state index is 0.0636. The fourth-order valence-electron chi connectivity index (χ4n) is 4.19. The van der Waals surface area contributed by atoms with E-state index >= 15 is 0 Å². The molecule has 144 valence electrons. The molecule has 4 rings (SSSR count). The Morgan fingerprint density at radius 1 is 1.44 bits per heavy atom. The predicted octanol–water partition coefficient (Wildman–Crippen LogP) is 1.12. The second-order valence-electron chi connectivity index (χ2n) is 7.48. The molecular formula is C19H23FN4O3. The largest absolute Gasteiger partial charge is 0.392 e. The van der Waals surface area contributed by atoms with Gasteiger partial charge in [-0.15, -0.1) is 0 Å². The number of aryl methyl sites for hydroxylation is 1. The van der Waals surface area contributed by atoms with Crippen LogP contribution in [-0.4, -0.2) is 57.5 Å². The number of aliphatic hydroxyl groups excluding tert-OH is 1. The van der Waals surface area contributed by atoms with Crippen LogP contribution in [0.25, 0.3) is 11.0 Å². The van der Waals surface area contributed by atoms with Crippen molar-refractivity contribution < 1.29 is 19.1 Å². The predicted molar refractivity (Wildman–Crippen MR) is 96.3 cm³/mol. The molecule has 2 amide bonds. The van der Waals surface area contributed by atoms with Gasteiger partial charge in [0.25, 0.3) is 0 Å². The number of carbonyl (C=O) groups is 2. The number of imidazole rings is 1. The summed E-state index contributed by atoms with van der Waals surface area (Å²) in [5, 5.41) is 13.2. The molecule has 0 aliphatic carbocycles. The molecule has 2 saturated heterocycles. The first-order valence-corrected chi connectivity index (χ1v) is 9.36. The Balaban J connectivity index is 1.42. The van der Waals surface area contributed by atoms with Crippen molar-refractivity contribution in [3.8, 4) is 0 Å². The molecule has 0 radical (unpaired) electrons. The van der Waals surface area contributed by atoms with Gasteiger partial charge in [0, 0.05) is 32.5 Å². The summed E-state index contributed by atoms with van der Waals surface area (Å²) in [6, 6.07) is 4.33. The van der Waals surface area contributed by atoms with Crippen molar-refractivity contribution in [3.63, 3.8) is 0 Å². The molecule has 8 heteroatoms. The summed E-state index contributed by atoms with van der Waals surface area (Å²) in [5.41, 5.74) is 0.386. The lowest BCUT2D eigenvalue weighted by Gasteiger charge is -2.46. The fourth-order valence-corrected chi connectivity index (χ4v) is 4.19. The van der Waals surface area contributed by atoms with E-state index in [0.717, 1.165) is 6.42 Å². The average Bonchev–Trinajstić information content (AvgIpc) is 3.06. The molecule has 3 N–H and O–H groups in total. The zero-order chi connectivity index (χ0) is 19.0. The number of likely N-dealkylation sites (tertiary alicyclic amines) is 1. The van der Waals surface area contributed by atoms with Gasteiger partial charge in [-0.25, -0.2) is 9.37 Å².